The van der Waals surface area contributed by atoms with Crippen LogP contribution in [0.15, 0.2) is 30.3 Å². The predicted molar refractivity (Wildman–Crippen MR) is 83.6 cm³/mol. The zero-order valence-electron chi connectivity index (χ0n) is 12.8. The van der Waals surface area contributed by atoms with Crippen molar-refractivity contribution < 1.29 is 14.3 Å². The van der Waals surface area contributed by atoms with Crippen LogP contribution in [-0.2, 0) is 9.59 Å². The summed E-state index contributed by atoms with van der Waals surface area (Å²) in [5.41, 5.74) is 0. The Labute approximate surface area is 130 Å². The normalized spacial score (nSPS) is 21.0. The van der Waals surface area contributed by atoms with Crippen LogP contribution in [0.4, 0.5) is 0 Å². The van der Waals surface area contributed by atoms with Crippen molar-refractivity contribution in [1.82, 2.24) is 16.0 Å². The zero-order valence-corrected chi connectivity index (χ0v) is 12.8. The topological polar surface area (TPSA) is 79.5 Å². The van der Waals surface area contributed by atoms with Crippen molar-refractivity contribution in [3.05, 3.63) is 30.3 Å². The maximum atomic E-state index is 11.8. The number of hydrogen-bond acceptors (Lipinski definition) is 4. The molecular weight excluding hydrogens is 282 g/mol. The van der Waals surface area contributed by atoms with Crippen LogP contribution in [0.25, 0.3) is 0 Å². The van der Waals surface area contributed by atoms with Gasteiger partial charge in [-0.2, -0.15) is 0 Å². The quantitative estimate of drug-likeness (QED) is 0.712. The second-order valence-corrected chi connectivity index (χ2v) is 5.52. The molecule has 3 N–H and O–H groups in total. The van der Waals surface area contributed by atoms with Crippen LogP contribution in [0.1, 0.15) is 19.8 Å². The maximum absolute atomic E-state index is 11.8. The van der Waals surface area contributed by atoms with Gasteiger partial charge in [0.25, 0.3) is 5.91 Å². The summed E-state index contributed by atoms with van der Waals surface area (Å²) in [6.07, 6.45) is 1.83. The van der Waals surface area contributed by atoms with Gasteiger partial charge in [0.15, 0.2) is 6.61 Å². The predicted octanol–water partition coefficient (Wildman–Crippen LogP) is 0.438. The van der Waals surface area contributed by atoms with E-state index in [-0.39, 0.29) is 31.0 Å². The molecule has 6 nitrogen and oxygen atoms in total. The molecule has 2 unspecified atom stereocenters. The summed E-state index contributed by atoms with van der Waals surface area (Å²) in [4.78, 5) is 23.4. The van der Waals surface area contributed by atoms with Crippen LogP contribution in [0.2, 0.25) is 0 Å². The van der Waals surface area contributed by atoms with Crippen LogP contribution in [0.5, 0.6) is 5.75 Å². The summed E-state index contributed by atoms with van der Waals surface area (Å²) in [6.45, 7) is 2.89. The largest absolute Gasteiger partial charge is 0.484 e. The Morgan fingerprint density at radius 2 is 2.05 bits per heavy atom. The first-order valence-corrected chi connectivity index (χ1v) is 7.61. The smallest absolute Gasteiger partial charge is 0.258 e. The molecule has 1 fully saturated rings. The third-order valence-electron chi connectivity index (χ3n) is 3.55. The van der Waals surface area contributed by atoms with Crippen molar-refractivity contribution in [2.75, 3.05) is 19.7 Å². The molecular formula is C16H23N3O3. The third kappa shape index (κ3) is 5.73. The van der Waals surface area contributed by atoms with E-state index in [0.29, 0.717) is 11.8 Å². The van der Waals surface area contributed by atoms with Gasteiger partial charge < -0.3 is 20.7 Å². The van der Waals surface area contributed by atoms with E-state index in [9.17, 15) is 9.59 Å². The first kappa shape index (κ1) is 16.3. The van der Waals surface area contributed by atoms with Crippen molar-refractivity contribution >= 4 is 11.8 Å². The molecule has 0 bridgehead atoms. The SMILES string of the molecule is CC1CC(NC(=O)CNC(=O)COc2ccccc2)CCN1. The Morgan fingerprint density at radius 3 is 2.77 bits per heavy atom. The number of hydrogen-bond donors (Lipinski definition) is 3. The lowest BCUT2D eigenvalue weighted by Gasteiger charge is -2.28. The van der Waals surface area contributed by atoms with E-state index in [0.717, 1.165) is 19.4 Å². The van der Waals surface area contributed by atoms with Crippen LogP contribution in [-0.4, -0.2) is 43.6 Å². The van der Waals surface area contributed by atoms with E-state index in [1.807, 2.05) is 18.2 Å². The van der Waals surface area contributed by atoms with Crippen LogP contribution >= 0.6 is 0 Å². The Bertz CT molecular complexity index is 493. The lowest BCUT2D eigenvalue weighted by molar-refractivity contribution is -0.127. The lowest BCUT2D eigenvalue weighted by atomic mass is 10.0. The molecule has 1 saturated heterocycles. The number of carbonyl (C=O) groups excluding carboxylic acids is 2. The highest BCUT2D eigenvalue weighted by Crippen LogP contribution is 2.08. The fraction of sp³-hybridized carbons (Fsp3) is 0.500. The van der Waals surface area contributed by atoms with Crippen molar-refractivity contribution in [3.63, 3.8) is 0 Å². The molecule has 0 aliphatic carbocycles. The van der Waals surface area contributed by atoms with E-state index in [2.05, 4.69) is 22.9 Å². The number of carbonyl (C=O) groups is 2. The van der Waals surface area contributed by atoms with Crippen molar-refractivity contribution in [3.8, 4) is 5.75 Å². The van der Waals surface area contributed by atoms with E-state index in [1.165, 1.54) is 0 Å². The number of amides is 2. The minimum atomic E-state index is -0.308. The van der Waals surface area contributed by atoms with Crippen LogP contribution in [0.3, 0.4) is 0 Å². The van der Waals surface area contributed by atoms with E-state index >= 15 is 0 Å². The Kier molecular flexibility index (Phi) is 6.21. The number of rotatable bonds is 6. The number of nitrogens with one attached hydrogen (secondary N) is 3. The van der Waals surface area contributed by atoms with Gasteiger partial charge in [-0.05, 0) is 38.4 Å². The van der Waals surface area contributed by atoms with E-state index < -0.39 is 0 Å². The average molecular weight is 305 g/mol. The highest BCUT2D eigenvalue weighted by molar-refractivity contribution is 5.85. The number of benzene rings is 1. The van der Waals surface area contributed by atoms with Gasteiger partial charge >= 0.3 is 0 Å². The minimum absolute atomic E-state index is 0.0186. The number of piperidine rings is 1. The lowest BCUT2D eigenvalue weighted by Crippen LogP contribution is -2.49. The van der Waals surface area contributed by atoms with Gasteiger partial charge in [0, 0.05) is 12.1 Å². The molecule has 22 heavy (non-hydrogen) atoms. The van der Waals surface area contributed by atoms with Gasteiger partial charge in [-0.25, -0.2) is 0 Å². The van der Waals surface area contributed by atoms with Gasteiger partial charge in [0.05, 0.1) is 6.54 Å². The van der Waals surface area contributed by atoms with Crippen LogP contribution in [0, 0.1) is 0 Å². The molecule has 0 radical (unpaired) electrons. The molecule has 0 saturated carbocycles. The molecule has 2 rings (SSSR count). The summed E-state index contributed by atoms with van der Waals surface area (Å²) in [5.74, 6) is 0.163. The van der Waals surface area contributed by atoms with E-state index in [4.69, 9.17) is 4.74 Å². The summed E-state index contributed by atoms with van der Waals surface area (Å²) in [7, 11) is 0. The minimum Gasteiger partial charge on any atom is -0.484 e. The number of para-hydroxylation sites is 1. The molecule has 1 aromatic carbocycles. The monoisotopic (exact) mass is 305 g/mol. The highest BCUT2D eigenvalue weighted by atomic mass is 16.5. The molecule has 6 heteroatoms. The summed E-state index contributed by atoms with van der Waals surface area (Å²) in [5, 5.41) is 8.84. The second kappa shape index (κ2) is 8.38. The van der Waals surface area contributed by atoms with Crippen molar-refractivity contribution in [2.45, 2.75) is 31.8 Å². The molecule has 1 heterocycles. The summed E-state index contributed by atoms with van der Waals surface area (Å²) in [6, 6.07) is 9.69. The first-order valence-electron chi connectivity index (χ1n) is 7.61. The Morgan fingerprint density at radius 1 is 1.27 bits per heavy atom. The van der Waals surface area contributed by atoms with E-state index in [1.54, 1.807) is 12.1 Å². The van der Waals surface area contributed by atoms with Gasteiger partial charge in [0.1, 0.15) is 5.75 Å². The highest BCUT2D eigenvalue weighted by Gasteiger charge is 2.19. The van der Waals surface area contributed by atoms with Gasteiger partial charge in [0.2, 0.25) is 5.91 Å². The molecule has 1 aliphatic heterocycles. The molecule has 1 aliphatic rings. The molecule has 120 valence electrons. The average Bonchev–Trinajstić information content (AvgIpc) is 2.52. The summed E-state index contributed by atoms with van der Waals surface area (Å²) >= 11 is 0. The summed E-state index contributed by atoms with van der Waals surface area (Å²) < 4.78 is 5.31. The Balaban J connectivity index is 1.62. The maximum Gasteiger partial charge on any atom is 0.258 e. The van der Waals surface area contributed by atoms with Crippen molar-refractivity contribution in [1.29, 1.82) is 0 Å². The standard InChI is InChI=1S/C16H23N3O3/c1-12-9-13(7-8-17-12)19-15(20)10-18-16(21)11-22-14-5-3-2-4-6-14/h2-6,12-13,17H,7-11H2,1H3,(H,18,21)(H,19,20). The van der Waals surface area contributed by atoms with Gasteiger partial charge in [-0.1, -0.05) is 18.2 Å². The van der Waals surface area contributed by atoms with Gasteiger partial charge in [-0.15, -0.1) is 0 Å². The van der Waals surface area contributed by atoms with Crippen molar-refractivity contribution in [2.24, 2.45) is 0 Å². The fourth-order valence-corrected chi connectivity index (χ4v) is 2.44. The second-order valence-electron chi connectivity index (χ2n) is 5.52. The molecule has 0 spiro atoms. The zero-order chi connectivity index (χ0) is 15.8. The molecule has 1 aromatic rings. The first-order chi connectivity index (χ1) is 10.6. The Hall–Kier alpha value is -2.08. The fourth-order valence-electron chi connectivity index (χ4n) is 2.44. The number of ether oxygens (including phenoxy) is 1. The van der Waals surface area contributed by atoms with Crippen LogP contribution < -0.4 is 20.7 Å². The molecule has 0 aromatic heterocycles. The molecule has 2 amide bonds. The molecule has 2 atom stereocenters. The third-order valence-corrected chi connectivity index (χ3v) is 3.55. The van der Waals surface area contributed by atoms with Gasteiger partial charge in [-0.3, -0.25) is 9.59 Å².